The van der Waals surface area contributed by atoms with Gasteiger partial charge in [-0.2, -0.15) is 0 Å². The smallest absolute Gasteiger partial charge is 0.233 e. The monoisotopic (exact) mass is 406 g/mol. The van der Waals surface area contributed by atoms with Crippen molar-refractivity contribution < 1.29 is 13.2 Å². The molecule has 0 spiro atoms. The van der Waals surface area contributed by atoms with Gasteiger partial charge in [-0.25, -0.2) is 13.1 Å². The molecule has 0 saturated carbocycles. The lowest BCUT2D eigenvalue weighted by molar-refractivity contribution is -0.116. The van der Waals surface area contributed by atoms with Gasteiger partial charge in [0.2, 0.25) is 15.9 Å². The van der Waals surface area contributed by atoms with Gasteiger partial charge in [-0.15, -0.1) is 0 Å². The lowest BCUT2D eigenvalue weighted by Crippen LogP contribution is -2.26. The maximum absolute atomic E-state index is 12.1. The molecule has 0 saturated heterocycles. The summed E-state index contributed by atoms with van der Waals surface area (Å²) in [5.41, 5.74) is 3.61. The molecule has 0 aliphatic heterocycles. The number of benzene rings is 3. The minimum Gasteiger partial charge on any atom is -0.326 e. The highest BCUT2D eigenvalue weighted by Gasteiger charge is 2.08. The number of hydrogen-bond acceptors (Lipinski definition) is 3. The first-order valence-corrected chi connectivity index (χ1v) is 10.7. The summed E-state index contributed by atoms with van der Waals surface area (Å²) in [6.45, 7) is 0.0232. The van der Waals surface area contributed by atoms with Crippen molar-refractivity contribution in [1.29, 1.82) is 0 Å². The number of nitrogens with one attached hydrogen (secondary N) is 2. The number of hydrogen-bond donors (Lipinski definition) is 2. The van der Waals surface area contributed by atoms with Gasteiger partial charge in [0.25, 0.3) is 0 Å². The van der Waals surface area contributed by atoms with Crippen LogP contribution in [-0.4, -0.2) is 20.9 Å². The summed E-state index contributed by atoms with van der Waals surface area (Å²) in [6.07, 6.45) is 1.55. The molecule has 0 unspecified atom stereocenters. The number of sulfonamides is 1. The zero-order valence-corrected chi connectivity index (χ0v) is 16.6. The quantitative estimate of drug-likeness (QED) is 0.587. The Morgan fingerprint density at radius 2 is 1.38 bits per heavy atom. The number of amides is 1. The van der Waals surface area contributed by atoms with Crippen LogP contribution >= 0.6 is 0 Å². The van der Waals surface area contributed by atoms with E-state index in [2.05, 4.69) is 10.0 Å². The van der Waals surface area contributed by atoms with E-state index >= 15 is 0 Å². The normalized spacial score (nSPS) is 11.4. The third kappa shape index (κ3) is 6.71. The number of rotatable bonds is 8. The molecule has 0 aliphatic rings. The lowest BCUT2D eigenvalue weighted by atomic mass is 10.1. The van der Waals surface area contributed by atoms with Crippen molar-refractivity contribution in [3.8, 4) is 11.1 Å². The summed E-state index contributed by atoms with van der Waals surface area (Å²) in [7, 11) is -3.60. The summed E-state index contributed by atoms with van der Waals surface area (Å²) in [5, 5.41) is 3.87. The molecule has 0 aromatic heterocycles. The van der Waals surface area contributed by atoms with Gasteiger partial charge >= 0.3 is 0 Å². The molecule has 0 radical (unpaired) electrons. The minimum absolute atomic E-state index is 0.0232. The van der Waals surface area contributed by atoms with Crippen molar-refractivity contribution in [2.45, 2.75) is 6.42 Å². The van der Waals surface area contributed by atoms with E-state index in [0.717, 1.165) is 22.1 Å². The topological polar surface area (TPSA) is 75.3 Å². The second-order valence-corrected chi connectivity index (χ2v) is 8.05. The minimum atomic E-state index is -3.60. The van der Waals surface area contributed by atoms with Gasteiger partial charge in [0, 0.05) is 24.1 Å². The highest BCUT2D eigenvalue weighted by atomic mass is 32.2. The van der Waals surface area contributed by atoms with Gasteiger partial charge in [0.1, 0.15) is 0 Å². The Morgan fingerprint density at radius 3 is 2.03 bits per heavy atom. The average Bonchev–Trinajstić information content (AvgIpc) is 2.74. The van der Waals surface area contributed by atoms with Crippen molar-refractivity contribution in [1.82, 2.24) is 4.72 Å². The predicted molar refractivity (Wildman–Crippen MR) is 118 cm³/mol. The van der Waals surface area contributed by atoms with E-state index in [1.807, 2.05) is 84.9 Å². The fourth-order valence-electron chi connectivity index (χ4n) is 2.69. The standard InChI is InChI=1S/C23H22N2O3S/c26-23(15-17-24-29(27,28)18-16-19-7-3-1-4-8-19)25-22-13-11-21(12-14-22)20-9-5-2-6-10-20/h1-14,16,18,24H,15,17H2,(H,25,26)/b18-16+. The molecule has 0 atom stereocenters. The molecule has 0 bridgehead atoms. The summed E-state index contributed by atoms with van der Waals surface area (Å²) < 4.78 is 26.4. The molecule has 3 rings (SSSR count). The van der Waals surface area contributed by atoms with Crippen LogP contribution in [0.25, 0.3) is 17.2 Å². The Hall–Kier alpha value is -3.22. The van der Waals surface area contributed by atoms with Gasteiger partial charge in [0.05, 0.1) is 0 Å². The first-order valence-electron chi connectivity index (χ1n) is 9.20. The van der Waals surface area contributed by atoms with E-state index in [9.17, 15) is 13.2 Å². The fraction of sp³-hybridized carbons (Fsp3) is 0.0870. The predicted octanol–water partition coefficient (Wildman–Crippen LogP) is 4.27. The number of anilines is 1. The highest BCUT2D eigenvalue weighted by molar-refractivity contribution is 7.92. The van der Waals surface area contributed by atoms with E-state index in [0.29, 0.717) is 5.69 Å². The third-order valence-electron chi connectivity index (χ3n) is 4.17. The molecule has 2 N–H and O–H groups in total. The maximum Gasteiger partial charge on any atom is 0.233 e. The lowest BCUT2D eigenvalue weighted by Gasteiger charge is -2.07. The van der Waals surface area contributed by atoms with Crippen LogP contribution < -0.4 is 10.0 Å². The summed E-state index contributed by atoms with van der Waals surface area (Å²) >= 11 is 0. The molecule has 148 valence electrons. The van der Waals surface area contributed by atoms with Crippen molar-refractivity contribution in [2.75, 3.05) is 11.9 Å². The van der Waals surface area contributed by atoms with Gasteiger partial charge in [0.15, 0.2) is 0 Å². The Labute approximate surface area is 171 Å². The first kappa shape index (κ1) is 20.5. The van der Waals surface area contributed by atoms with Crippen LogP contribution in [0.15, 0.2) is 90.3 Å². The molecule has 3 aromatic carbocycles. The van der Waals surface area contributed by atoms with E-state index < -0.39 is 10.0 Å². The highest BCUT2D eigenvalue weighted by Crippen LogP contribution is 2.21. The van der Waals surface area contributed by atoms with Crippen LogP contribution in [0.2, 0.25) is 0 Å². The molecule has 6 heteroatoms. The molecule has 0 heterocycles. The first-order chi connectivity index (χ1) is 14.0. The SMILES string of the molecule is O=C(CCNS(=O)(=O)/C=C/c1ccccc1)Nc1ccc(-c2ccccc2)cc1. The summed E-state index contributed by atoms with van der Waals surface area (Å²) in [5.74, 6) is -0.257. The molecule has 29 heavy (non-hydrogen) atoms. The third-order valence-corrected chi connectivity index (χ3v) is 5.27. The van der Waals surface area contributed by atoms with Crippen molar-refractivity contribution in [3.63, 3.8) is 0 Å². The fourth-order valence-corrected chi connectivity index (χ4v) is 3.51. The summed E-state index contributed by atoms with van der Waals surface area (Å²) in [4.78, 5) is 12.1. The van der Waals surface area contributed by atoms with E-state index in [1.165, 1.54) is 6.08 Å². The van der Waals surface area contributed by atoms with Gasteiger partial charge in [-0.05, 0) is 34.9 Å². The molecule has 5 nitrogen and oxygen atoms in total. The Balaban J connectivity index is 1.46. The molecular formula is C23H22N2O3S. The van der Waals surface area contributed by atoms with E-state index in [-0.39, 0.29) is 18.9 Å². The second-order valence-electron chi connectivity index (χ2n) is 6.39. The average molecular weight is 407 g/mol. The molecule has 3 aromatic rings. The summed E-state index contributed by atoms with van der Waals surface area (Å²) in [6, 6.07) is 26.6. The molecule has 0 fully saturated rings. The van der Waals surface area contributed by atoms with E-state index in [1.54, 1.807) is 0 Å². The van der Waals surface area contributed by atoms with E-state index in [4.69, 9.17) is 0 Å². The van der Waals surface area contributed by atoms with Crippen LogP contribution in [0.1, 0.15) is 12.0 Å². The number of carbonyl (C=O) groups excluding carboxylic acids is 1. The maximum atomic E-state index is 12.1. The van der Waals surface area contributed by atoms with Gasteiger partial charge < -0.3 is 5.32 Å². The van der Waals surface area contributed by atoms with Crippen LogP contribution in [-0.2, 0) is 14.8 Å². The number of carbonyl (C=O) groups is 1. The van der Waals surface area contributed by atoms with Crippen LogP contribution in [0.5, 0.6) is 0 Å². The Bertz CT molecular complexity index is 1060. The van der Waals surface area contributed by atoms with Gasteiger partial charge in [-0.1, -0.05) is 72.8 Å². The Morgan fingerprint density at radius 1 is 0.793 bits per heavy atom. The van der Waals surface area contributed by atoms with Gasteiger partial charge in [-0.3, -0.25) is 4.79 Å². The largest absolute Gasteiger partial charge is 0.326 e. The van der Waals surface area contributed by atoms with Crippen molar-refractivity contribution >= 4 is 27.7 Å². The zero-order chi connectivity index (χ0) is 20.5. The van der Waals surface area contributed by atoms with Crippen molar-refractivity contribution in [3.05, 3.63) is 95.9 Å². The molecular weight excluding hydrogens is 384 g/mol. The zero-order valence-electron chi connectivity index (χ0n) is 15.8. The van der Waals surface area contributed by atoms with Crippen LogP contribution in [0.3, 0.4) is 0 Å². The molecule has 1 amide bonds. The van der Waals surface area contributed by atoms with Crippen molar-refractivity contribution in [2.24, 2.45) is 0 Å². The van der Waals surface area contributed by atoms with Crippen LogP contribution in [0.4, 0.5) is 5.69 Å². The second kappa shape index (κ2) is 9.82. The molecule has 0 aliphatic carbocycles. The van der Waals surface area contributed by atoms with Crippen LogP contribution in [0, 0.1) is 0 Å². The Kier molecular flexibility index (Phi) is 6.94.